The SMILES string of the molecule is Cc1ncc(CN2CCc3ccc(NC(=O)c4ccncc4)cc3C2)s1. The number of rotatable bonds is 4. The molecule has 6 heteroatoms. The lowest BCUT2D eigenvalue weighted by Gasteiger charge is -2.28. The molecular formula is C20H20N4OS. The maximum Gasteiger partial charge on any atom is 0.255 e. The van der Waals surface area contributed by atoms with E-state index in [-0.39, 0.29) is 5.91 Å². The van der Waals surface area contributed by atoms with Crippen molar-refractivity contribution in [3.63, 3.8) is 0 Å². The Morgan fingerprint density at radius 2 is 2.08 bits per heavy atom. The van der Waals surface area contributed by atoms with Crippen LogP contribution < -0.4 is 5.32 Å². The molecule has 3 heterocycles. The Morgan fingerprint density at radius 3 is 2.85 bits per heavy atom. The third kappa shape index (κ3) is 3.81. The Hall–Kier alpha value is -2.57. The molecule has 26 heavy (non-hydrogen) atoms. The first-order valence-corrected chi connectivity index (χ1v) is 9.46. The third-order valence-corrected chi connectivity index (χ3v) is 5.44. The highest BCUT2D eigenvalue weighted by atomic mass is 32.1. The summed E-state index contributed by atoms with van der Waals surface area (Å²) in [6, 6.07) is 9.64. The molecule has 1 aliphatic heterocycles. The van der Waals surface area contributed by atoms with E-state index in [2.05, 4.69) is 32.3 Å². The summed E-state index contributed by atoms with van der Waals surface area (Å²) >= 11 is 1.76. The van der Waals surface area contributed by atoms with E-state index in [1.54, 1.807) is 35.9 Å². The monoisotopic (exact) mass is 364 g/mol. The van der Waals surface area contributed by atoms with Crippen molar-refractivity contribution < 1.29 is 4.79 Å². The highest BCUT2D eigenvalue weighted by molar-refractivity contribution is 7.11. The summed E-state index contributed by atoms with van der Waals surface area (Å²) < 4.78 is 0. The van der Waals surface area contributed by atoms with E-state index in [0.29, 0.717) is 5.56 Å². The summed E-state index contributed by atoms with van der Waals surface area (Å²) in [6.07, 6.45) is 6.26. The van der Waals surface area contributed by atoms with Crippen molar-refractivity contribution in [2.75, 3.05) is 11.9 Å². The number of aromatic nitrogens is 2. The fourth-order valence-corrected chi connectivity index (χ4v) is 4.07. The molecule has 3 aromatic rings. The van der Waals surface area contributed by atoms with Gasteiger partial charge in [-0.2, -0.15) is 0 Å². The summed E-state index contributed by atoms with van der Waals surface area (Å²) in [7, 11) is 0. The normalized spacial score (nSPS) is 14.0. The first-order valence-electron chi connectivity index (χ1n) is 8.64. The number of nitrogens with zero attached hydrogens (tertiary/aromatic N) is 3. The Bertz CT molecular complexity index is 923. The molecule has 5 nitrogen and oxygen atoms in total. The van der Waals surface area contributed by atoms with Crippen LogP contribution in [0.4, 0.5) is 5.69 Å². The number of benzene rings is 1. The van der Waals surface area contributed by atoms with Gasteiger partial charge in [0, 0.05) is 54.4 Å². The summed E-state index contributed by atoms with van der Waals surface area (Å²) in [5.74, 6) is -0.111. The zero-order valence-electron chi connectivity index (χ0n) is 14.6. The molecule has 0 fully saturated rings. The topological polar surface area (TPSA) is 58.1 Å². The van der Waals surface area contributed by atoms with Crippen LogP contribution in [0.15, 0.2) is 48.9 Å². The Balaban J connectivity index is 1.46. The molecule has 0 atom stereocenters. The number of nitrogens with one attached hydrogen (secondary N) is 1. The number of fused-ring (bicyclic) bond motifs is 1. The van der Waals surface area contributed by atoms with E-state index in [0.717, 1.165) is 36.8 Å². The lowest BCUT2D eigenvalue weighted by atomic mass is 9.99. The van der Waals surface area contributed by atoms with E-state index in [1.807, 2.05) is 19.2 Å². The number of pyridine rings is 1. The number of carbonyl (C=O) groups excluding carboxylic acids is 1. The molecule has 1 aromatic carbocycles. The smallest absolute Gasteiger partial charge is 0.255 e. The van der Waals surface area contributed by atoms with Gasteiger partial charge in [-0.3, -0.25) is 14.7 Å². The van der Waals surface area contributed by atoms with Gasteiger partial charge in [0.05, 0.1) is 5.01 Å². The van der Waals surface area contributed by atoms with Gasteiger partial charge >= 0.3 is 0 Å². The molecular weight excluding hydrogens is 344 g/mol. The average molecular weight is 364 g/mol. The highest BCUT2D eigenvalue weighted by Crippen LogP contribution is 2.25. The predicted molar refractivity (Wildman–Crippen MR) is 103 cm³/mol. The van der Waals surface area contributed by atoms with Crippen molar-refractivity contribution >= 4 is 22.9 Å². The Kier molecular flexibility index (Phi) is 4.77. The lowest BCUT2D eigenvalue weighted by molar-refractivity contribution is 0.102. The molecule has 0 spiro atoms. The lowest BCUT2D eigenvalue weighted by Crippen LogP contribution is -2.29. The second-order valence-corrected chi connectivity index (χ2v) is 7.80. The summed E-state index contributed by atoms with van der Waals surface area (Å²) in [5.41, 5.74) is 4.09. The van der Waals surface area contributed by atoms with Crippen molar-refractivity contribution in [1.82, 2.24) is 14.9 Å². The fourth-order valence-electron chi connectivity index (χ4n) is 3.23. The minimum absolute atomic E-state index is 0.111. The summed E-state index contributed by atoms with van der Waals surface area (Å²) in [4.78, 5) is 24.4. The van der Waals surface area contributed by atoms with Crippen molar-refractivity contribution in [3.05, 3.63) is 75.5 Å². The molecule has 1 N–H and O–H groups in total. The van der Waals surface area contributed by atoms with Gasteiger partial charge in [-0.05, 0) is 48.7 Å². The van der Waals surface area contributed by atoms with Crippen LogP contribution in [0.5, 0.6) is 0 Å². The standard InChI is InChI=1S/C20H20N4OS/c1-14-22-11-19(26-14)13-24-9-6-15-2-3-18(10-17(15)12-24)23-20(25)16-4-7-21-8-5-16/h2-5,7-8,10-11H,6,9,12-13H2,1H3,(H,23,25). The zero-order chi connectivity index (χ0) is 17.9. The molecule has 0 unspecified atom stereocenters. The van der Waals surface area contributed by atoms with Gasteiger partial charge in [-0.15, -0.1) is 11.3 Å². The van der Waals surface area contributed by atoms with Crippen molar-refractivity contribution in [1.29, 1.82) is 0 Å². The highest BCUT2D eigenvalue weighted by Gasteiger charge is 2.18. The quantitative estimate of drug-likeness (QED) is 0.768. The molecule has 0 radical (unpaired) electrons. The maximum absolute atomic E-state index is 12.3. The van der Waals surface area contributed by atoms with E-state index in [4.69, 9.17) is 0 Å². The number of anilines is 1. The van der Waals surface area contributed by atoms with Gasteiger partial charge in [-0.1, -0.05) is 6.07 Å². The van der Waals surface area contributed by atoms with Gasteiger partial charge in [-0.25, -0.2) is 4.98 Å². The maximum atomic E-state index is 12.3. The number of hydrogen-bond acceptors (Lipinski definition) is 5. The van der Waals surface area contributed by atoms with Crippen LogP contribution in [-0.4, -0.2) is 27.3 Å². The number of thiazole rings is 1. The van der Waals surface area contributed by atoms with E-state index in [1.165, 1.54) is 16.0 Å². The van der Waals surface area contributed by atoms with Crippen LogP contribution >= 0.6 is 11.3 Å². The first kappa shape index (κ1) is 16.9. The van der Waals surface area contributed by atoms with Crippen LogP contribution in [0.3, 0.4) is 0 Å². The van der Waals surface area contributed by atoms with Gasteiger partial charge in [0.2, 0.25) is 0 Å². The summed E-state index contributed by atoms with van der Waals surface area (Å²) in [6.45, 7) is 4.91. The van der Waals surface area contributed by atoms with Crippen molar-refractivity contribution in [2.45, 2.75) is 26.4 Å². The summed E-state index contributed by atoms with van der Waals surface area (Å²) in [5, 5.41) is 4.09. The van der Waals surface area contributed by atoms with Crippen LogP contribution in [0.1, 0.15) is 31.4 Å². The van der Waals surface area contributed by atoms with E-state index < -0.39 is 0 Å². The molecule has 1 amide bonds. The van der Waals surface area contributed by atoms with E-state index >= 15 is 0 Å². The molecule has 0 aliphatic carbocycles. The zero-order valence-corrected chi connectivity index (χ0v) is 15.4. The number of amides is 1. The minimum Gasteiger partial charge on any atom is -0.322 e. The van der Waals surface area contributed by atoms with Crippen molar-refractivity contribution in [2.24, 2.45) is 0 Å². The van der Waals surface area contributed by atoms with Gasteiger partial charge in [0.25, 0.3) is 5.91 Å². The van der Waals surface area contributed by atoms with Gasteiger partial charge in [0.15, 0.2) is 0 Å². The number of carbonyl (C=O) groups is 1. The van der Waals surface area contributed by atoms with Crippen LogP contribution in [0.25, 0.3) is 0 Å². The number of hydrogen-bond donors (Lipinski definition) is 1. The molecule has 2 aromatic heterocycles. The number of aryl methyl sites for hydroxylation is 1. The Labute approximate surface area is 156 Å². The first-order chi connectivity index (χ1) is 12.7. The van der Waals surface area contributed by atoms with Crippen LogP contribution in [0.2, 0.25) is 0 Å². The average Bonchev–Trinajstić information content (AvgIpc) is 3.07. The minimum atomic E-state index is -0.111. The third-order valence-electron chi connectivity index (χ3n) is 4.55. The second kappa shape index (κ2) is 7.35. The molecule has 0 saturated heterocycles. The molecule has 4 rings (SSSR count). The second-order valence-electron chi connectivity index (χ2n) is 6.48. The van der Waals surface area contributed by atoms with Gasteiger partial charge < -0.3 is 5.32 Å². The Morgan fingerprint density at radius 1 is 1.23 bits per heavy atom. The predicted octanol–water partition coefficient (Wildman–Crippen LogP) is 3.66. The molecule has 0 bridgehead atoms. The molecule has 132 valence electrons. The van der Waals surface area contributed by atoms with Crippen LogP contribution in [0, 0.1) is 6.92 Å². The molecule has 1 aliphatic rings. The van der Waals surface area contributed by atoms with E-state index in [9.17, 15) is 4.79 Å². The van der Waals surface area contributed by atoms with Crippen molar-refractivity contribution in [3.8, 4) is 0 Å². The fraction of sp³-hybridized carbons (Fsp3) is 0.250. The molecule has 0 saturated carbocycles. The van der Waals surface area contributed by atoms with Crippen LogP contribution in [-0.2, 0) is 19.5 Å². The van der Waals surface area contributed by atoms with Gasteiger partial charge in [0.1, 0.15) is 0 Å². The largest absolute Gasteiger partial charge is 0.322 e.